The average Bonchev–Trinajstić information content (AvgIpc) is 2.51. The third-order valence-electron chi connectivity index (χ3n) is 3.10. The fourth-order valence-corrected chi connectivity index (χ4v) is 2.04. The number of hydrogen-bond acceptors (Lipinski definition) is 4. The van der Waals surface area contributed by atoms with Crippen LogP contribution in [0.4, 0.5) is 0 Å². The summed E-state index contributed by atoms with van der Waals surface area (Å²) in [6, 6.07) is 4.93. The van der Waals surface area contributed by atoms with Gasteiger partial charge in [0.1, 0.15) is 18.0 Å². The van der Waals surface area contributed by atoms with E-state index in [4.69, 9.17) is 14.6 Å². The van der Waals surface area contributed by atoms with Crippen molar-refractivity contribution in [2.24, 2.45) is 5.92 Å². The van der Waals surface area contributed by atoms with Gasteiger partial charge in [0.15, 0.2) is 0 Å². The molecule has 1 N–H and O–H groups in total. The molecule has 128 valence electrons. The third kappa shape index (κ3) is 5.81. The summed E-state index contributed by atoms with van der Waals surface area (Å²) in [6.45, 7) is 6.42. The summed E-state index contributed by atoms with van der Waals surface area (Å²) in [5, 5.41) is 8.99. The monoisotopic (exact) mass is 323 g/mol. The van der Waals surface area contributed by atoms with Gasteiger partial charge in [-0.1, -0.05) is 20.8 Å². The quantitative estimate of drug-likeness (QED) is 0.756. The number of aliphatic carboxylic acids is 1. The van der Waals surface area contributed by atoms with E-state index in [-0.39, 0.29) is 12.5 Å². The highest BCUT2D eigenvalue weighted by Gasteiger charge is 2.22. The molecule has 0 saturated carbocycles. The Morgan fingerprint density at radius 3 is 2.52 bits per heavy atom. The third-order valence-corrected chi connectivity index (χ3v) is 3.10. The van der Waals surface area contributed by atoms with Crippen LogP contribution in [0, 0.1) is 5.92 Å². The molecule has 0 fully saturated rings. The summed E-state index contributed by atoms with van der Waals surface area (Å²) in [7, 11) is 1.54. The molecular weight excluding hydrogens is 298 g/mol. The molecule has 0 aliphatic rings. The zero-order chi connectivity index (χ0) is 17.4. The molecule has 1 aromatic rings. The molecule has 0 aliphatic carbocycles. The van der Waals surface area contributed by atoms with E-state index < -0.39 is 5.97 Å². The SMILES string of the molecule is CCCN(CC(=O)O)C(=O)c1ccc(OC)cc1OCC(C)C. The molecule has 1 amide bonds. The van der Waals surface area contributed by atoms with E-state index >= 15 is 0 Å². The van der Waals surface area contributed by atoms with E-state index in [1.54, 1.807) is 18.2 Å². The lowest BCUT2D eigenvalue weighted by Crippen LogP contribution is -2.36. The van der Waals surface area contributed by atoms with Crippen LogP contribution in [0.5, 0.6) is 11.5 Å². The maximum absolute atomic E-state index is 12.7. The standard InChI is InChI=1S/C17H25NO5/c1-5-8-18(10-16(19)20)17(21)14-7-6-13(22-4)9-15(14)23-11-12(2)3/h6-7,9,12H,5,8,10-11H2,1-4H3,(H,19,20). The van der Waals surface area contributed by atoms with E-state index in [1.165, 1.54) is 12.0 Å². The van der Waals surface area contributed by atoms with Gasteiger partial charge in [0, 0.05) is 12.6 Å². The van der Waals surface area contributed by atoms with Gasteiger partial charge in [0.2, 0.25) is 0 Å². The molecule has 1 rings (SSSR count). The number of amides is 1. The molecule has 23 heavy (non-hydrogen) atoms. The Labute approximate surface area is 137 Å². The summed E-state index contributed by atoms with van der Waals surface area (Å²) >= 11 is 0. The van der Waals surface area contributed by atoms with Crippen LogP contribution in [-0.4, -0.2) is 48.7 Å². The first-order valence-electron chi connectivity index (χ1n) is 7.70. The summed E-state index contributed by atoms with van der Waals surface area (Å²) in [5.74, 6) is -0.0920. The van der Waals surface area contributed by atoms with E-state index in [1.807, 2.05) is 20.8 Å². The van der Waals surface area contributed by atoms with Gasteiger partial charge >= 0.3 is 5.97 Å². The van der Waals surface area contributed by atoms with Crippen molar-refractivity contribution in [3.05, 3.63) is 23.8 Å². The molecule has 0 aromatic heterocycles. The number of nitrogens with zero attached hydrogens (tertiary/aromatic N) is 1. The highest BCUT2D eigenvalue weighted by atomic mass is 16.5. The zero-order valence-electron chi connectivity index (χ0n) is 14.2. The van der Waals surface area contributed by atoms with Crippen molar-refractivity contribution in [1.29, 1.82) is 0 Å². The van der Waals surface area contributed by atoms with Gasteiger partial charge in [0.05, 0.1) is 19.3 Å². The Morgan fingerprint density at radius 2 is 2.00 bits per heavy atom. The number of carbonyl (C=O) groups is 2. The van der Waals surface area contributed by atoms with Crippen LogP contribution in [-0.2, 0) is 4.79 Å². The molecular formula is C17H25NO5. The Morgan fingerprint density at radius 1 is 1.30 bits per heavy atom. The largest absolute Gasteiger partial charge is 0.497 e. The maximum atomic E-state index is 12.7. The van der Waals surface area contributed by atoms with Crippen LogP contribution >= 0.6 is 0 Å². The number of hydrogen-bond donors (Lipinski definition) is 1. The van der Waals surface area contributed by atoms with Crippen molar-refractivity contribution in [2.75, 3.05) is 26.8 Å². The normalized spacial score (nSPS) is 10.5. The minimum Gasteiger partial charge on any atom is -0.497 e. The molecule has 0 saturated heterocycles. The summed E-state index contributed by atoms with van der Waals surface area (Å²) in [5.41, 5.74) is 0.348. The minimum atomic E-state index is -1.04. The van der Waals surface area contributed by atoms with Crippen LogP contribution in [0.25, 0.3) is 0 Å². The minimum absolute atomic E-state index is 0.301. The Hall–Kier alpha value is -2.24. The van der Waals surface area contributed by atoms with E-state index in [0.29, 0.717) is 42.6 Å². The topological polar surface area (TPSA) is 76.1 Å². The number of carboxylic acids is 1. The lowest BCUT2D eigenvalue weighted by atomic mass is 10.1. The summed E-state index contributed by atoms with van der Waals surface area (Å²) in [4.78, 5) is 25.0. The highest BCUT2D eigenvalue weighted by Crippen LogP contribution is 2.26. The number of rotatable bonds is 9. The van der Waals surface area contributed by atoms with Crippen molar-refractivity contribution in [3.8, 4) is 11.5 Å². The van der Waals surface area contributed by atoms with E-state index in [2.05, 4.69) is 0 Å². The number of benzene rings is 1. The Balaban J connectivity index is 3.10. The van der Waals surface area contributed by atoms with Gasteiger partial charge in [0.25, 0.3) is 5.91 Å². The first kappa shape index (κ1) is 18.8. The molecule has 0 bridgehead atoms. The fourth-order valence-electron chi connectivity index (χ4n) is 2.04. The van der Waals surface area contributed by atoms with Crippen molar-refractivity contribution < 1.29 is 24.2 Å². The molecule has 0 spiro atoms. The molecule has 0 aliphatic heterocycles. The molecule has 1 aromatic carbocycles. The van der Waals surface area contributed by atoms with Crippen LogP contribution in [0.3, 0.4) is 0 Å². The number of ether oxygens (including phenoxy) is 2. The molecule has 0 unspecified atom stereocenters. The zero-order valence-corrected chi connectivity index (χ0v) is 14.2. The van der Waals surface area contributed by atoms with Gasteiger partial charge in [-0.05, 0) is 24.5 Å². The van der Waals surface area contributed by atoms with Gasteiger partial charge in [-0.25, -0.2) is 0 Å². The molecule has 0 radical (unpaired) electrons. The number of carbonyl (C=O) groups excluding carboxylic acids is 1. The van der Waals surface area contributed by atoms with Gasteiger partial charge in [-0.3, -0.25) is 9.59 Å². The predicted molar refractivity (Wildman–Crippen MR) is 87.2 cm³/mol. The van der Waals surface area contributed by atoms with Gasteiger partial charge in [-0.2, -0.15) is 0 Å². The second-order valence-electron chi connectivity index (χ2n) is 5.69. The lowest BCUT2D eigenvalue weighted by Gasteiger charge is -2.22. The average molecular weight is 323 g/mol. The van der Waals surface area contributed by atoms with Crippen molar-refractivity contribution in [1.82, 2.24) is 4.90 Å². The Bertz CT molecular complexity index is 542. The Kier molecular flexibility index (Phi) is 7.38. The number of carboxylic acid groups (broad SMARTS) is 1. The molecule has 0 heterocycles. The van der Waals surface area contributed by atoms with Crippen molar-refractivity contribution in [2.45, 2.75) is 27.2 Å². The molecule has 0 atom stereocenters. The van der Waals surface area contributed by atoms with Crippen LogP contribution in [0.2, 0.25) is 0 Å². The van der Waals surface area contributed by atoms with Crippen LogP contribution in [0.15, 0.2) is 18.2 Å². The lowest BCUT2D eigenvalue weighted by molar-refractivity contribution is -0.137. The first-order valence-corrected chi connectivity index (χ1v) is 7.70. The molecule has 6 heteroatoms. The molecule has 6 nitrogen and oxygen atoms in total. The van der Waals surface area contributed by atoms with E-state index in [0.717, 1.165) is 0 Å². The van der Waals surface area contributed by atoms with Crippen molar-refractivity contribution >= 4 is 11.9 Å². The smallest absolute Gasteiger partial charge is 0.323 e. The van der Waals surface area contributed by atoms with Crippen LogP contribution < -0.4 is 9.47 Å². The van der Waals surface area contributed by atoms with Gasteiger partial charge in [-0.15, -0.1) is 0 Å². The maximum Gasteiger partial charge on any atom is 0.323 e. The van der Waals surface area contributed by atoms with Crippen molar-refractivity contribution in [3.63, 3.8) is 0 Å². The van der Waals surface area contributed by atoms with Gasteiger partial charge < -0.3 is 19.5 Å². The first-order chi connectivity index (χ1) is 10.9. The second kappa shape index (κ2) is 9.02. The number of methoxy groups -OCH3 is 1. The second-order valence-corrected chi connectivity index (χ2v) is 5.69. The highest BCUT2D eigenvalue weighted by molar-refractivity contribution is 5.98. The predicted octanol–water partition coefficient (Wildman–Crippen LogP) is 2.67. The van der Waals surface area contributed by atoms with E-state index in [9.17, 15) is 9.59 Å². The summed E-state index contributed by atoms with van der Waals surface area (Å²) in [6.07, 6.45) is 0.678. The van der Waals surface area contributed by atoms with Crippen LogP contribution in [0.1, 0.15) is 37.6 Å². The fraction of sp³-hybridized carbons (Fsp3) is 0.529. The summed E-state index contributed by atoms with van der Waals surface area (Å²) < 4.78 is 10.9.